The summed E-state index contributed by atoms with van der Waals surface area (Å²) in [6, 6.07) is 19.6. The van der Waals surface area contributed by atoms with Crippen LogP contribution in [0, 0.1) is 13.8 Å². The van der Waals surface area contributed by atoms with E-state index >= 15 is 0 Å². The lowest BCUT2D eigenvalue weighted by molar-refractivity contribution is -0.149. The molecule has 0 saturated heterocycles. The SMILES string of the molecule is Cc1ccccc1C(=O)Nc1ccc(C(=O)N2c3ccccc3C(OC(=O)CNCC(=O)OC(C)Cl)CCC2Cl)c(C)c1. The number of nitrogens with zero attached hydrogens (tertiary/aromatic N) is 1. The molecule has 1 aliphatic rings. The monoisotopic (exact) mass is 625 g/mol. The Bertz CT molecular complexity index is 1510. The summed E-state index contributed by atoms with van der Waals surface area (Å²) in [6.45, 7) is 4.76. The number of para-hydroxylation sites is 1. The standard InChI is InChI=1S/C32H33Cl2N3O6/c1-19-8-4-5-9-23(19)31(40)36-22-12-13-24(20(2)16-22)32(41)37-26-11-7-6-10-25(26)27(14-15-28(37)34)43-30(39)18-35-17-29(38)42-21(3)33/h4-13,16,21,27-28,35H,14-15,17-18H2,1-3H3,(H,36,40). The van der Waals surface area contributed by atoms with E-state index in [-0.39, 0.29) is 24.9 Å². The van der Waals surface area contributed by atoms with Crippen LogP contribution in [0.2, 0.25) is 0 Å². The van der Waals surface area contributed by atoms with Gasteiger partial charge in [0, 0.05) is 22.4 Å². The summed E-state index contributed by atoms with van der Waals surface area (Å²) < 4.78 is 10.6. The van der Waals surface area contributed by atoms with Crippen molar-refractivity contribution >= 4 is 58.3 Å². The van der Waals surface area contributed by atoms with E-state index in [0.29, 0.717) is 46.5 Å². The number of benzene rings is 3. The highest BCUT2D eigenvalue weighted by Crippen LogP contribution is 2.39. The van der Waals surface area contributed by atoms with Crippen LogP contribution in [-0.4, -0.2) is 47.9 Å². The van der Waals surface area contributed by atoms with Gasteiger partial charge in [-0.25, -0.2) is 0 Å². The van der Waals surface area contributed by atoms with E-state index in [2.05, 4.69) is 10.6 Å². The van der Waals surface area contributed by atoms with Crippen molar-refractivity contribution in [3.8, 4) is 0 Å². The molecule has 3 unspecified atom stereocenters. The average Bonchev–Trinajstić information content (AvgIpc) is 3.08. The molecule has 2 amide bonds. The van der Waals surface area contributed by atoms with Crippen LogP contribution >= 0.6 is 23.2 Å². The number of hydrogen-bond donors (Lipinski definition) is 2. The van der Waals surface area contributed by atoms with Crippen molar-refractivity contribution in [3.63, 3.8) is 0 Å². The van der Waals surface area contributed by atoms with Crippen molar-refractivity contribution in [1.82, 2.24) is 5.32 Å². The molecule has 0 radical (unpaired) electrons. The molecule has 0 saturated carbocycles. The van der Waals surface area contributed by atoms with Crippen molar-refractivity contribution in [1.29, 1.82) is 0 Å². The van der Waals surface area contributed by atoms with Crippen molar-refractivity contribution < 1.29 is 28.7 Å². The molecule has 3 atom stereocenters. The number of nitrogens with one attached hydrogen (secondary N) is 2. The minimum atomic E-state index is -0.774. The summed E-state index contributed by atoms with van der Waals surface area (Å²) in [5.74, 6) is -1.72. The van der Waals surface area contributed by atoms with Gasteiger partial charge >= 0.3 is 11.9 Å². The van der Waals surface area contributed by atoms with Crippen LogP contribution in [0.15, 0.2) is 66.7 Å². The molecule has 1 aliphatic heterocycles. The maximum Gasteiger partial charge on any atom is 0.321 e. The summed E-state index contributed by atoms with van der Waals surface area (Å²) >= 11 is 12.4. The molecule has 1 heterocycles. The maximum atomic E-state index is 13.9. The molecule has 0 fully saturated rings. The molecular weight excluding hydrogens is 593 g/mol. The molecule has 0 aliphatic carbocycles. The van der Waals surface area contributed by atoms with Gasteiger partial charge in [0.1, 0.15) is 11.6 Å². The van der Waals surface area contributed by atoms with Gasteiger partial charge in [0.05, 0.1) is 18.8 Å². The fourth-order valence-electron chi connectivity index (χ4n) is 4.89. The van der Waals surface area contributed by atoms with E-state index < -0.39 is 29.1 Å². The van der Waals surface area contributed by atoms with E-state index in [0.717, 1.165) is 5.56 Å². The lowest BCUT2D eigenvalue weighted by atomic mass is 10.0. The molecule has 3 aromatic carbocycles. The minimum absolute atomic E-state index is 0.201. The number of hydrogen-bond acceptors (Lipinski definition) is 7. The molecule has 4 rings (SSSR count). The summed E-state index contributed by atoms with van der Waals surface area (Å²) in [7, 11) is 0. The second-order valence-corrected chi connectivity index (χ2v) is 11.3. The van der Waals surface area contributed by atoms with E-state index in [1.165, 1.54) is 11.8 Å². The molecule has 0 bridgehead atoms. The van der Waals surface area contributed by atoms with Gasteiger partial charge in [-0.15, -0.1) is 0 Å². The van der Waals surface area contributed by atoms with Gasteiger partial charge in [-0.05, 0) is 75.1 Å². The third kappa shape index (κ3) is 8.13. The number of halogens is 2. The maximum absolute atomic E-state index is 13.9. The largest absolute Gasteiger partial charge is 0.456 e. The fraction of sp³-hybridized carbons (Fsp3) is 0.312. The first-order chi connectivity index (χ1) is 20.5. The Labute approximate surface area is 260 Å². The van der Waals surface area contributed by atoms with Gasteiger partial charge in [-0.2, -0.15) is 0 Å². The smallest absolute Gasteiger partial charge is 0.321 e. The number of aryl methyl sites for hydroxylation is 2. The lowest BCUT2D eigenvalue weighted by Gasteiger charge is -2.28. The zero-order valence-electron chi connectivity index (χ0n) is 24.1. The van der Waals surface area contributed by atoms with Crippen LogP contribution in [0.1, 0.15) is 63.3 Å². The van der Waals surface area contributed by atoms with Crippen molar-refractivity contribution in [2.75, 3.05) is 23.3 Å². The molecular formula is C32H33Cl2N3O6. The zero-order valence-corrected chi connectivity index (χ0v) is 25.6. The Morgan fingerprint density at radius 2 is 1.60 bits per heavy atom. The van der Waals surface area contributed by atoms with Gasteiger partial charge in [0.25, 0.3) is 11.8 Å². The average molecular weight is 627 g/mol. The molecule has 2 N–H and O–H groups in total. The number of carbonyl (C=O) groups is 4. The molecule has 43 heavy (non-hydrogen) atoms. The molecule has 3 aromatic rings. The summed E-state index contributed by atoms with van der Waals surface area (Å²) in [5.41, 5.74) is 2.77. The van der Waals surface area contributed by atoms with E-state index in [4.69, 9.17) is 32.7 Å². The minimum Gasteiger partial charge on any atom is -0.456 e. The van der Waals surface area contributed by atoms with Gasteiger partial charge in [0.15, 0.2) is 5.56 Å². The predicted octanol–water partition coefficient (Wildman–Crippen LogP) is 5.86. The second kappa shape index (κ2) is 14.5. The van der Waals surface area contributed by atoms with Crippen molar-refractivity contribution in [2.45, 2.75) is 50.8 Å². The number of fused-ring (bicyclic) bond motifs is 1. The first kappa shape index (κ1) is 32.0. The van der Waals surface area contributed by atoms with Gasteiger partial charge in [-0.1, -0.05) is 59.6 Å². The highest BCUT2D eigenvalue weighted by atomic mass is 35.5. The van der Waals surface area contributed by atoms with Crippen LogP contribution in [0.5, 0.6) is 0 Å². The number of alkyl halides is 2. The van der Waals surface area contributed by atoms with Crippen LogP contribution in [0.3, 0.4) is 0 Å². The normalized spacial score (nSPS) is 16.8. The topological polar surface area (TPSA) is 114 Å². The summed E-state index contributed by atoms with van der Waals surface area (Å²) in [4.78, 5) is 52.5. The lowest BCUT2D eigenvalue weighted by Crippen LogP contribution is -2.37. The summed E-state index contributed by atoms with van der Waals surface area (Å²) in [5, 5.41) is 5.58. The number of anilines is 2. The Balaban J connectivity index is 1.49. The van der Waals surface area contributed by atoms with Crippen LogP contribution in [0.25, 0.3) is 0 Å². The Hall–Kier alpha value is -3.92. The highest BCUT2D eigenvalue weighted by Gasteiger charge is 2.34. The first-order valence-electron chi connectivity index (χ1n) is 13.8. The molecule has 0 aromatic heterocycles. The zero-order chi connectivity index (χ0) is 31.1. The quantitative estimate of drug-likeness (QED) is 0.174. The van der Waals surface area contributed by atoms with Crippen LogP contribution in [0.4, 0.5) is 11.4 Å². The Morgan fingerprint density at radius 1 is 0.907 bits per heavy atom. The molecule has 9 nitrogen and oxygen atoms in total. The first-order valence-corrected chi connectivity index (χ1v) is 14.7. The molecule has 0 spiro atoms. The number of ether oxygens (including phenoxy) is 2. The number of carbonyl (C=O) groups excluding carboxylic acids is 4. The van der Waals surface area contributed by atoms with E-state index in [9.17, 15) is 19.2 Å². The van der Waals surface area contributed by atoms with Gasteiger partial charge < -0.3 is 14.8 Å². The van der Waals surface area contributed by atoms with Gasteiger partial charge in [-0.3, -0.25) is 29.4 Å². The van der Waals surface area contributed by atoms with Crippen molar-refractivity contribution in [2.24, 2.45) is 0 Å². The number of rotatable bonds is 9. The number of amides is 2. The third-order valence-corrected chi connectivity index (χ3v) is 7.42. The fourth-order valence-corrected chi connectivity index (χ4v) is 5.31. The van der Waals surface area contributed by atoms with E-state index in [1.807, 2.05) is 25.1 Å². The third-order valence-electron chi connectivity index (χ3n) is 6.92. The van der Waals surface area contributed by atoms with Crippen molar-refractivity contribution in [3.05, 3.63) is 94.5 Å². The number of esters is 2. The highest BCUT2D eigenvalue weighted by molar-refractivity contribution is 6.26. The van der Waals surface area contributed by atoms with Crippen LogP contribution in [-0.2, 0) is 19.1 Å². The predicted molar refractivity (Wildman–Crippen MR) is 166 cm³/mol. The molecule has 226 valence electrons. The second-order valence-electron chi connectivity index (χ2n) is 10.2. The van der Waals surface area contributed by atoms with Gasteiger partial charge in [0.2, 0.25) is 0 Å². The summed E-state index contributed by atoms with van der Waals surface area (Å²) in [6.07, 6.45) is 0.0891. The van der Waals surface area contributed by atoms with E-state index in [1.54, 1.807) is 55.5 Å². The van der Waals surface area contributed by atoms with Crippen LogP contribution < -0.4 is 15.5 Å². The Kier molecular flexibility index (Phi) is 10.8. The Morgan fingerprint density at radius 3 is 2.33 bits per heavy atom. The molecule has 11 heteroatoms.